The number of anilines is 1. The number of aliphatic hydroxyl groups excluding tert-OH is 1. The molecule has 4 rings (SSSR count). The van der Waals surface area contributed by atoms with Gasteiger partial charge in [-0.2, -0.15) is 9.36 Å². The molecule has 0 bridgehead atoms. The lowest BCUT2D eigenvalue weighted by Crippen LogP contribution is -2.49. The van der Waals surface area contributed by atoms with E-state index in [9.17, 15) is 9.50 Å². The van der Waals surface area contributed by atoms with Crippen molar-refractivity contribution in [2.45, 2.75) is 6.10 Å². The Hall–Kier alpha value is -2.55. The number of ether oxygens (including phenoxy) is 1. The molecular weight excluding hydrogens is 391 g/mol. The molecule has 0 saturated carbocycles. The predicted molar refractivity (Wildman–Crippen MR) is 112 cm³/mol. The van der Waals surface area contributed by atoms with Gasteiger partial charge < -0.3 is 14.7 Å². The van der Waals surface area contributed by atoms with Crippen LogP contribution in [0, 0.1) is 5.82 Å². The van der Waals surface area contributed by atoms with Gasteiger partial charge in [0.15, 0.2) is 5.82 Å². The van der Waals surface area contributed by atoms with Crippen molar-refractivity contribution in [1.29, 1.82) is 0 Å². The van der Waals surface area contributed by atoms with Gasteiger partial charge in [0.25, 0.3) is 0 Å². The van der Waals surface area contributed by atoms with Gasteiger partial charge in [0.2, 0.25) is 5.13 Å². The molecule has 0 amide bonds. The van der Waals surface area contributed by atoms with Crippen LogP contribution in [-0.2, 0) is 0 Å². The molecule has 3 aromatic rings. The van der Waals surface area contributed by atoms with Crippen LogP contribution in [0.2, 0.25) is 0 Å². The first-order chi connectivity index (χ1) is 14.2. The molecular formula is C21H23FN4O2S. The first-order valence-electron chi connectivity index (χ1n) is 9.60. The maximum atomic E-state index is 12.9. The highest BCUT2D eigenvalue weighted by atomic mass is 32.1. The molecule has 0 aliphatic carbocycles. The molecule has 2 aromatic carbocycles. The molecule has 0 radical (unpaired) electrons. The van der Waals surface area contributed by atoms with Crippen molar-refractivity contribution in [1.82, 2.24) is 14.3 Å². The van der Waals surface area contributed by atoms with Crippen molar-refractivity contribution >= 4 is 16.7 Å². The summed E-state index contributed by atoms with van der Waals surface area (Å²) < 4.78 is 22.9. The Morgan fingerprint density at radius 2 is 1.76 bits per heavy atom. The number of halogens is 1. The predicted octanol–water partition coefficient (Wildman–Crippen LogP) is 2.91. The van der Waals surface area contributed by atoms with E-state index in [0.29, 0.717) is 12.3 Å². The van der Waals surface area contributed by atoms with Gasteiger partial charge >= 0.3 is 0 Å². The summed E-state index contributed by atoms with van der Waals surface area (Å²) in [5.74, 6) is 1.02. The fourth-order valence-electron chi connectivity index (χ4n) is 3.24. The number of aliphatic hydroxyl groups is 1. The van der Waals surface area contributed by atoms with Gasteiger partial charge in [-0.05, 0) is 24.3 Å². The highest BCUT2D eigenvalue weighted by molar-refractivity contribution is 7.09. The van der Waals surface area contributed by atoms with Gasteiger partial charge in [-0.25, -0.2) is 4.39 Å². The smallest absolute Gasteiger partial charge is 0.205 e. The van der Waals surface area contributed by atoms with Crippen molar-refractivity contribution in [3.63, 3.8) is 0 Å². The van der Waals surface area contributed by atoms with Crippen molar-refractivity contribution < 1.29 is 14.2 Å². The third-order valence-corrected chi connectivity index (χ3v) is 5.59. The minimum Gasteiger partial charge on any atom is -0.491 e. The number of rotatable bonds is 7. The summed E-state index contributed by atoms with van der Waals surface area (Å²) in [5.41, 5.74) is 1.03. The summed E-state index contributed by atoms with van der Waals surface area (Å²) >= 11 is 1.42. The molecule has 6 nitrogen and oxygen atoms in total. The third-order valence-electron chi connectivity index (χ3n) is 4.82. The van der Waals surface area contributed by atoms with Crippen molar-refractivity contribution in [3.8, 4) is 17.1 Å². The van der Waals surface area contributed by atoms with Crippen LogP contribution in [-0.4, -0.2) is 64.8 Å². The summed E-state index contributed by atoms with van der Waals surface area (Å²) in [6.45, 7) is 4.09. The molecule has 152 valence electrons. The number of hydrogen-bond acceptors (Lipinski definition) is 7. The number of piperazine rings is 1. The molecule has 1 aromatic heterocycles. The van der Waals surface area contributed by atoms with E-state index in [1.165, 1.54) is 23.7 Å². The zero-order valence-electron chi connectivity index (χ0n) is 15.9. The quantitative estimate of drug-likeness (QED) is 0.642. The fourth-order valence-corrected chi connectivity index (χ4v) is 3.98. The SMILES string of the molecule is O[C@H](COc1ccc(F)cc1)CN1CCN(c2nc(-c3ccccc3)ns2)CC1. The van der Waals surface area contributed by atoms with Crippen molar-refractivity contribution in [2.24, 2.45) is 0 Å². The van der Waals surface area contributed by atoms with E-state index < -0.39 is 6.10 Å². The first kappa shape index (κ1) is 19.8. The lowest BCUT2D eigenvalue weighted by atomic mass is 10.2. The second-order valence-electron chi connectivity index (χ2n) is 6.97. The average molecular weight is 415 g/mol. The van der Waals surface area contributed by atoms with Crippen LogP contribution in [0.3, 0.4) is 0 Å². The highest BCUT2D eigenvalue weighted by Crippen LogP contribution is 2.24. The molecule has 1 atom stereocenters. The topological polar surface area (TPSA) is 61.7 Å². The zero-order chi connectivity index (χ0) is 20.1. The average Bonchev–Trinajstić information content (AvgIpc) is 3.25. The maximum Gasteiger partial charge on any atom is 0.205 e. The fraction of sp³-hybridized carbons (Fsp3) is 0.333. The zero-order valence-corrected chi connectivity index (χ0v) is 16.8. The number of β-amino-alcohol motifs (C(OH)–C–C–N with tert-alkyl or cyclic N) is 1. The van der Waals surface area contributed by atoms with Crippen LogP contribution >= 0.6 is 11.5 Å². The lowest BCUT2D eigenvalue weighted by Gasteiger charge is -2.35. The second-order valence-corrected chi connectivity index (χ2v) is 7.70. The molecule has 1 aliphatic rings. The Kier molecular flexibility index (Phi) is 6.33. The molecule has 0 unspecified atom stereocenters. The summed E-state index contributed by atoms with van der Waals surface area (Å²) in [5, 5.41) is 11.2. The first-order valence-corrected chi connectivity index (χ1v) is 10.4. The van der Waals surface area contributed by atoms with Crippen molar-refractivity contribution in [2.75, 3.05) is 44.2 Å². The van der Waals surface area contributed by atoms with Crippen LogP contribution in [0.15, 0.2) is 54.6 Å². The van der Waals surface area contributed by atoms with E-state index in [0.717, 1.165) is 42.7 Å². The standard InChI is InChI=1S/C21H23FN4O2S/c22-17-6-8-19(9-7-17)28-15-18(27)14-25-10-12-26(13-11-25)21-23-20(24-29-21)16-4-2-1-3-5-16/h1-9,18,27H,10-15H2/t18-/m0/s1. The van der Waals surface area contributed by atoms with E-state index in [-0.39, 0.29) is 12.4 Å². The van der Waals surface area contributed by atoms with Gasteiger partial charge in [0, 0.05) is 49.8 Å². The summed E-state index contributed by atoms with van der Waals surface area (Å²) in [6, 6.07) is 15.8. The van der Waals surface area contributed by atoms with Gasteiger partial charge in [0.05, 0.1) is 0 Å². The van der Waals surface area contributed by atoms with Gasteiger partial charge in [-0.1, -0.05) is 30.3 Å². The van der Waals surface area contributed by atoms with Gasteiger partial charge in [-0.3, -0.25) is 4.90 Å². The molecule has 1 fully saturated rings. The summed E-state index contributed by atoms with van der Waals surface area (Å²) in [6.07, 6.45) is -0.599. The van der Waals surface area contributed by atoms with Crippen molar-refractivity contribution in [3.05, 3.63) is 60.4 Å². The van der Waals surface area contributed by atoms with E-state index in [1.807, 2.05) is 30.3 Å². The van der Waals surface area contributed by atoms with E-state index in [4.69, 9.17) is 4.74 Å². The van der Waals surface area contributed by atoms with Crippen LogP contribution < -0.4 is 9.64 Å². The molecule has 8 heteroatoms. The number of nitrogens with zero attached hydrogens (tertiary/aromatic N) is 4. The van der Waals surface area contributed by atoms with E-state index in [1.54, 1.807) is 12.1 Å². The molecule has 1 N–H and O–H groups in total. The normalized spacial score (nSPS) is 16.0. The van der Waals surface area contributed by atoms with Gasteiger partial charge in [-0.15, -0.1) is 0 Å². The van der Waals surface area contributed by atoms with Crippen LogP contribution in [0.5, 0.6) is 5.75 Å². The Morgan fingerprint density at radius 1 is 1.03 bits per heavy atom. The highest BCUT2D eigenvalue weighted by Gasteiger charge is 2.22. The largest absolute Gasteiger partial charge is 0.491 e. The number of benzene rings is 2. The minimum atomic E-state index is -0.599. The second kappa shape index (κ2) is 9.30. The molecule has 1 aliphatic heterocycles. The third kappa shape index (κ3) is 5.29. The molecule has 2 heterocycles. The molecule has 29 heavy (non-hydrogen) atoms. The molecule has 1 saturated heterocycles. The summed E-state index contributed by atoms with van der Waals surface area (Å²) in [7, 11) is 0. The monoisotopic (exact) mass is 414 g/mol. The van der Waals surface area contributed by atoms with Crippen LogP contribution in [0.1, 0.15) is 0 Å². The Bertz CT molecular complexity index is 899. The van der Waals surface area contributed by atoms with Crippen LogP contribution in [0.4, 0.5) is 9.52 Å². The molecule has 0 spiro atoms. The van der Waals surface area contributed by atoms with E-state index >= 15 is 0 Å². The Morgan fingerprint density at radius 3 is 2.48 bits per heavy atom. The number of hydrogen-bond donors (Lipinski definition) is 1. The Labute approximate surface area is 173 Å². The van der Waals surface area contributed by atoms with Gasteiger partial charge in [0.1, 0.15) is 24.3 Å². The van der Waals surface area contributed by atoms with Crippen LogP contribution in [0.25, 0.3) is 11.4 Å². The minimum absolute atomic E-state index is 0.183. The maximum absolute atomic E-state index is 12.9. The van der Waals surface area contributed by atoms with E-state index in [2.05, 4.69) is 19.2 Å². The lowest BCUT2D eigenvalue weighted by molar-refractivity contribution is 0.0663. The Balaban J connectivity index is 1.23. The number of aromatic nitrogens is 2. The summed E-state index contributed by atoms with van der Waals surface area (Å²) in [4.78, 5) is 9.13.